The maximum atomic E-state index is 11.5. The molecule has 0 saturated carbocycles. The van der Waals surface area contributed by atoms with Crippen LogP contribution in [0.3, 0.4) is 0 Å². The Bertz CT molecular complexity index is 517. The number of nitrogens with two attached hydrogens (primary N) is 1. The predicted molar refractivity (Wildman–Crippen MR) is 65.7 cm³/mol. The number of rotatable bonds is 3. The number of ether oxygens (including phenoxy) is 1. The molecule has 88 valence electrons. The molecule has 0 saturated heterocycles. The molecule has 17 heavy (non-hydrogen) atoms. The summed E-state index contributed by atoms with van der Waals surface area (Å²) in [5.74, 6) is -0.377. The van der Waals surface area contributed by atoms with Gasteiger partial charge in [0.05, 0.1) is 12.8 Å². The van der Waals surface area contributed by atoms with Crippen molar-refractivity contribution in [3.05, 3.63) is 53.9 Å². The van der Waals surface area contributed by atoms with Crippen molar-refractivity contribution < 1.29 is 9.53 Å². The van der Waals surface area contributed by atoms with E-state index in [4.69, 9.17) is 10.5 Å². The number of esters is 1. The molecule has 0 aliphatic rings. The summed E-state index contributed by atoms with van der Waals surface area (Å²) in [4.78, 5) is 11.5. The smallest absolute Gasteiger partial charge is 0.354 e. The highest BCUT2D eigenvalue weighted by Gasteiger charge is 2.13. The number of carbonyl (C=O) groups excluding carboxylic acids is 1. The van der Waals surface area contributed by atoms with Crippen molar-refractivity contribution in [2.24, 2.45) is 0 Å². The fraction of sp³-hybridized carbons (Fsp3) is 0.154. The highest BCUT2D eigenvalue weighted by Crippen LogP contribution is 2.14. The summed E-state index contributed by atoms with van der Waals surface area (Å²) in [7, 11) is 1.36. The van der Waals surface area contributed by atoms with Crippen molar-refractivity contribution in [3.8, 4) is 0 Å². The number of benzene rings is 1. The van der Waals surface area contributed by atoms with Crippen molar-refractivity contribution in [2.45, 2.75) is 6.54 Å². The highest BCUT2D eigenvalue weighted by atomic mass is 16.5. The van der Waals surface area contributed by atoms with Crippen LogP contribution in [0.2, 0.25) is 0 Å². The van der Waals surface area contributed by atoms with Crippen LogP contribution in [0, 0.1) is 0 Å². The molecular formula is C13H14N2O2. The van der Waals surface area contributed by atoms with Crippen molar-refractivity contribution >= 4 is 11.7 Å². The van der Waals surface area contributed by atoms with Crippen molar-refractivity contribution in [3.63, 3.8) is 0 Å². The molecule has 0 fully saturated rings. The number of methoxy groups -OCH3 is 1. The van der Waals surface area contributed by atoms with Gasteiger partial charge in [0.1, 0.15) is 5.69 Å². The molecule has 2 rings (SSSR count). The van der Waals surface area contributed by atoms with E-state index in [2.05, 4.69) is 0 Å². The van der Waals surface area contributed by atoms with Gasteiger partial charge in [0.2, 0.25) is 0 Å². The lowest BCUT2D eigenvalue weighted by atomic mass is 10.2. The Morgan fingerprint density at radius 2 is 2.06 bits per heavy atom. The van der Waals surface area contributed by atoms with Gasteiger partial charge in [-0.2, -0.15) is 0 Å². The summed E-state index contributed by atoms with van der Waals surface area (Å²) < 4.78 is 6.50. The van der Waals surface area contributed by atoms with Gasteiger partial charge < -0.3 is 15.0 Å². The van der Waals surface area contributed by atoms with E-state index in [1.54, 1.807) is 16.8 Å². The predicted octanol–water partition coefficient (Wildman–Crippen LogP) is 1.91. The van der Waals surface area contributed by atoms with Gasteiger partial charge in [-0.3, -0.25) is 0 Å². The van der Waals surface area contributed by atoms with Gasteiger partial charge in [0, 0.05) is 12.7 Å². The molecule has 0 atom stereocenters. The Morgan fingerprint density at radius 1 is 1.35 bits per heavy atom. The third-order valence-electron chi connectivity index (χ3n) is 2.51. The normalized spacial score (nSPS) is 10.2. The van der Waals surface area contributed by atoms with Crippen LogP contribution in [-0.4, -0.2) is 17.6 Å². The minimum absolute atomic E-state index is 0.377. The van der Waals surface area contributed by atoms with Crippen LogP contribution < -0.4 is 5.73 Å². The average molecular weight is 230 g/mol. The molecule has 1 aromatic carbocycles. The van der Waals surface area contributed by atoms with Crippen LogP contribution in [0.25, 0.3) is 0 Å². The second kappa shape index (κ2) is 4.74. The molecule has 0 radical (unpaired) electrons. The Balaban J connectivity index is 2.30. The van der Waals surface area contributed by atoms with Crippen molar-refractivity contribution in [1.82, 2.24) is 4.57 Å². The summed E-state index contributed by atoms with van der Waals surface area (Å²) in [6.07, 6.45) is 1.74. The lowest BCUT2D eigenvalue weighted by Crippen LogP contribution is -2.10. The van der Waals surface area contributed by atoms with E-state index in [1.165, 1.54) is 7.11 Å². The number of hydrogen-bond acceptors (Lipinski definition) is 3. The minimum atomic E-state index is -0.377. The maximum Gasteiger partial charge on any atom is 0.354 e. The second-order valence-corrected chi connectivity index (χ2v) is 3.76. The van der Waals surface area contributed by atoms with Gasteiger partial charge in [-0.1, -0.05) is 30.3 Å². The summed E-state index contributed by atoms with van der Waals surface area (Å²) in [5.41, 5.74) is 7.83. The zero-order valence-corrected chi connectivity index (χ0v) is 9.59. The first-order valence-corrected chi connectivity index (χ1v) is 5.28. The van der Waals surface area contributed by atoms with E-state index < -0.39 is 0 Å². The quantitative estimate of drug-likeness (QED) is 0.819. The third-order valence-corrected chi connectivity index (χ3v) is 2.51. The molecule has 0 aliphatic carbocycles. The summed E-state index contributed by atoms with van der Waals surface area (Å²) >= 11 is 0. The first-order chi connectivity index (χ1) is 8.20. The summed E-state index contributed by atoms with van der Waals surface area (Å²) in [5, 5.41) is 0. The van der Waals surface area contributed by atoms with Crippen LogP contribution in [0.15, 0.2) is 42.6 Å². The van der Waals surface area contributed by atoms with Crippen LogP contribution in [-0.2, 0) is 11.3 Å². The number of hydrogen-bond donors (Lipinski definition) is 1. The largest absolute Gasteiger partial charge is 0.464 e. The summed E-state index contributed by atoms with van der Waals surface area (Å²) in [6, 6.07) is 11.5. The second-order valence-electron chi connectivity index (χ2n) is 3.76. The molecule has 4 nitrogen and oxygen atoms in total. The number of anilines is 1. The molecule has 4 heteroatoms. The zero-order chi connectivity index (χ0) is 12.3. The molecule has 0 unspecified atom stereocenters. The molecule has 2 aromatic rings. The lowest BCUT2D eigenvalue weighted by Gasteiger charge is -2.07. The van der Waals surface area contributed by atoms with Gasteiger partial charge in [0.25, 0.3) is 0 Å². The molecule has 2 N–H and O–H groups in total. The molecule has 0 bridgehead atoms. The fourth-order valence-electron chi connectivity index (χ4n) is 1.72. The monoisotopic (exact) mass is 230 g/mol. The topological polar surface area (TPSA) is 57.2 Å². The lowest BCUT2D eigenvalue weighted by molar-refractivity contribution is 0.0589. The minimum Gasteiger partial charge on any atom is -0.464 e. The van der Waals surface area contributed by atoms with Crippen LogP contribution in [0.5, 0.6) is 0 Å². The Kier molecular flexibility index (Phi) is 3.14. The van der Waals surface area contributed by atoms with Crippen molar-refractivity contribution in [1.29, 1.82) is 0 Å². The van der Waals surface area contributed by atoms with Gasteiger partial charge in [-0.15, -0.1) is 0 Å². The standard InChI is InChI=1S/C13H14N2O2/c1-17-13(16)12-7-11(14)9-15(12)8-10-5-3-2-4-6-10/h2-7,9H,8,14H2,1H3. The van der Waals surface area contributed by atoms with E-state index in [0.717, 1.165) is 5.56 Å². The Labute approximate surface area is 99.6 Å². The number of aromatic nitrogens is 1. The number of nitrogen functional groups attached to an aromatic ring is 1. The fourth-order valence-corrected chi connectivity index (χ4v) is 1.72. The average Bonchev–Trinajstić information content (AvgIpc) is 2.70. The number of nitrogens with zero attached hydrogens (tertiary/aromatic N) is 1. The van der Waals surface area contributed by atoms with Crippen molar-refractivity contribution in [2.75, 3.05) is 12.8 Å². The SMILES string of the molecule is COC(=O)c1cc(N)cn1Cc1ccccc1. The Morgan fingerprint density at radius 3 is 2.71 bits per heavy atom. The van der Waals surface area contributed by atoms with Crippen LogP contribution in [0.1, 0.15) is 16.1 Å². The van der Waals surface area contributed by atoms with E-state index >= 15 is 0 Å². The molecular weight excluding hydrogens is 216 g/mol. The van der Waals surface area contributed by atoms with Crippen LogP contribution in [0.4, 0.5) is 5.69 Å². The van der Waals surface area contributed by atoms with Gasteiger partial charge in [-0.25, -0.2) is 4.79 Å². The van der Waals surface area contributed by atoms with Crippen LogP contribution >= 0.6 is 0 Å². The third kappa shape index (κ3) is 2.47. The van der Waals surface area contributed by atoms with E-state index in [1.807, 2.05) is 30.3 Å². The number of carbonyl (C=O) groups is 1. The van der Waals surface area contributed by atoms with E-state index in [0.29, 0.717) is 17.9 Å². The molecule has 0 amide bonds. The molecule has 1 aromatic heterocycles. The van der Waals surface area contributed by atoms with E-state index in [-0.39, 0.29) is 5.97 Å². The van der Waals surface area contributed by atoms with Gasteiger partial charge >= 0.3 is 5.97 Å². The molecule has 0 aliphatic heterocycles. The molecule has 1 heterocycles. The Hall–Kier alpha value is -2.23. The van der Waals surface area contributed by atoms with E-state index in [9.17, 15) is 4.79 Å². The van der Waals surface area contributed by atoms with Gasteiger partial charge in [-0.05, 0) is 11.6 Å². The first-order valence-electron chi connectivity index (χ1n) is 5.28. The zero-order valence-electron chi connectivity index (χ0n) is 9.59. The van der Waals surface area contributed by atoms with Gasteiger partial charge in [0.15, 0.2) is 0 Å². The maximum absolute atomic E-state index is 11.5. The molecule has 0 spiro atoms. The first kappa shape index (κ1) is 11.3. The summed E-state index contributed by atoms with van der Waals surface area (Å²) in [6.45, 7) is 0.600. The highest BCUT2D eigenvalue weighted by molar-refractivity contribution is 5.89.